The zero-order valence-corrected chi connectivity index (χ0v) is 12.9. The fourth-order valence-corrected chi connectivity index (χ4v) is 2.80. The lowest BCUT2D eigenvalue weighted by molar-refractivity contribution is 0.126. The van der Waals surface area contributed by atoms with Gasteiger partial charge in [0.25, 0.3) is 0 Å². The monoisotopic (exact) mass is 283 g/mol. The molecule has 0 radical (unpaired) electrons. The number of benzene rings is 1. The van der Waals surface area contributed by atoms with Crippen LogP contribution in [0.4, 0.5) is 0 Å². The van der Waals surface area contributed by atoms with Gasteiger partial charge in [0.1, 0.15) is 17.9 Å². The van der Waals surface area contributed by atoms with Crippen LogP contribution in [0.2, 0.25) is 0 Å². The molecule has 0 atom stereocenters. The second kappa shape index (κ2) is 5.82. The number of fused-ring (bicyclic) bond motifs is 3. The van der Waals surface area contributed by atoms with Crippen molar-refractivity contribution in [3.63, 3.8) is 0 Å². The molecule has 0 N–H and O–H groups in total. The van der Waals surface area contributed by atoms with Gasteiger partial charge in [0.2, 0.25) is 0 Å². The summed E-state index contributed by atoms with van der Waals surface area (Å²) in [5.41, 5.74) is 4.20. The predicted octanol–water partition coefficient (Wildman–Crippen LogP) is 3.84. The van der Waals surface area contributed by atoms with Crippen molar-refractivity contribution in [3.8, 4) is 0 Å². The molecular formula is C17H21N3O. The van der Waals surface area contributed by atoms with Crippen LogP contribution in [0.1, 0.15) is 31.8 Å². The van der Waals surface area contributed by atoms with Crippen molar-refractivity contribution in [2.24, 2.45) is 0 Å². The Bertz CT molecular complexity index is 776. The van der Waals surface area contributed by atoms with E-state index in [1.807, 2.05) is 19.9 Å². The Morgan fingerprint density at radius 2 is 1.95 bits per heavy atom. The van der Waals surface area contributed by atoms with Gasteiger partial charge in [-0.1, -0.05) is 25.1 Å². The molecule has 3 aromatic rings. The highest BCUT2D eigenvalue weighted by Crippen LogP contribution is 2.27. The molecule has 4 heteroatoms. The quantitative estimate of drug-likeness (QED) is 0.714. The molecule has 0 fully saturated rings. The SMILES string of the molecule is CCCn1c(COCC)nc2c(C)nc3ccccc3c21. The summed E-state index contributed by atoms with van der Waals surface area (Å²) < 4.78 is 7.88. The van der Waals surface area contributed by atoms with E-state index in [1.54, 1.807) is 0 Å². The van der Waals surface area contributed by atoms with Crippen LogP contribution in [0.25, 0.3) is 21.9 Å². The minimum Gasteiger partial charge on any atom is -0.374 e. The largest absolute Gasteiger partial charge is 0.374 e. The number of ether oxygens (including phenoxy) is 1. The number of hydrogen-bond acceptors (Lipinski definition) is 3. The number of aromatic nitrogens is 3. The van der Waals surface area contributed by atoms with Crippen molar-refractivity contribution < 1.29 is 4.74 Å². The highest BCUT2D eigenvalue weighted by Gasteiger charge is 2.16. The fourth-order valence-electron chi connectivity index (χ4n) is 2.80. The van der Waals surface area contributed by atoms with E-state index in [0.717, 1.165) is 35.5 Å². The number of rotatable bonds is 5. The van der Waals surface area contributed by atoms with Crippen molar-refractivity contribution in [1.29, 1.82) is 0 Å². The Balaban J connectivity index is 2.32. The Labute approximate surface area is 124 Å². The van der Waals surface area contributed by atoms with Crippen molar-refractivity contribution in [2.45, 2.75) is 40.3 Å². The van der Waals surface area contributed by atoms with E-state index in [2.05, 4.69) is 34.7 Å². The molecule has 0 saturated heterocycles. The van der Waals surface area contributed by atoms with Gasteiger partial charge in [-0.2, -0.15) is 0 Å². The topological polar surface area (TPSA) is 39.9 Å². The first-order chi connectivity index (χ1) is 10.3. The number of pyridine rings is 1. The molecule has 0 aliphatic rings. The third-order valence-electron chi connectivity index (χ3n) is 3.72. The maximum atomic E-state index is 5.58. The van der Waals surface area contributed by atoms with E-state index in [1.165, 1.54) is 10.9 Å². The summed E-state index contributed by atoms with van der Waals surface area (Å²) in [6.07, 6.45) is 1.07. The van der Waals surface area contributed by atoms with Crippen LogP contribution in [0.5, 0.6) is 0 Å². The molecule has 0 aliphatic heterocycles. The Kier molecular flexibility index (Phi) is 3.88. The van der Waals surface area contributed by atoms with E-state index in [-0.39, 0.29) is 0 Å². The highest BCUT2D eigenvalue weighted by molar-refractivity contribution is 6.03. The summed E-state index contributed by atoms with van der Waals surface area (Å²) >= 11 is 0. The average Bonchev–Trinajstić information content (AvgIpc) is 2.85. The lowest BCUT2D eigenvalue weighted by Gasteiger charge is -2.09. The molecule has 3 rings (SSSR count). The maximum Gasteiger partial charge on any atom is 0.136 e. The Morgan fingerprint density at radius 3 is 2.71 bits per heavy atom. The second-order valence-corrected chi connectivity index (χ2v) is 5.23. The molecule has 0 bridgehead atoms. The molecule has 1 aromatic carbocycles. The molecule has 2 aromatic heterocycles. The van der Waals surface area contributed by atoms with Gasteiger partial charge in [-0.25, -0.2) is 4.98 Å². The van der Waals surface area contributed by atoms with Gasteiger partial charge in [0.05, 0.1) is 16.7 Å². The molecule has 110 valence electrons. The summed E-state index contributed by atoms with van der Waals surface area (Å²) in [5, 5.41) is 1.17. The summed E-state index contributed by atoms with van der Waals surface area (Å²) in [6.45, 7) is 8.43. The van der Waals surface area contributed by atoms with Crippen molar-refractivity contribution in [3.05, 3.63) is 35.8 Å². The standard InChI is InChI=1S/C17H21N3O/c1-4-10-20-15(11-21-5-2)19-16-12(3)18-14-9-7-6-8-13(14)17(16)20/h6-9H,4-5,10-11H2,1-3H3. The summed E-state index contributed by atoms with van der Waals surface area (Å²) in [5.74, 6) is 0.995. The van der Waals surface area contributed by atoms with Crippen molar-refractivity contribution >= 4 is 21.9 Å². The number of para-hydroxylation sites is 1. The lowest BCUT2D eigenvalue weighted by atomic mass is 10.1. The van der Waals surface area contributed by atoms with Crippen molar-refractivity contribution in [2.75, 3.05) is 6.61 Å². The average molecular weight is 283 g/mol. The van der Waals surface area contributed by atoms with Gasteiger partial charge in [0.15, 0.2) is 0 Å². The summed E-state index contributed by atoms with van der Waals surface area (Å²) in [7, 11) is 0. The van der Waals surface area contributed by atoms with E-state index in [4.69, 9.17) is 9.72 Å². The van der Waals surface area contributed by atoms with Gasteiger partial charge in [-0.15, -0.1) is 0 Å². The highest BCUT2D eigenvalue weighted by atomic mass is 16.5. The van der Waals surface area contributed by atoms with E-state index in [0.29, 0.717) is 13.2 Å². The molecule has 0 amide bonds. The van der Waals surface area contributed by atoms with E-state index >= 15 is 0 Å². The second-order valence-electron chi connectivity index (χ2n) is 5.23. The summed E-state index contributed by atoms with van der Waals surface area (Å²) in [4.78, 5) is 9.48. The van der Waals surface area contributed by atoms with Gasteiger partial charge in [-0.3, -0.25) is 4.98 Å². The van der Waals surface area contributed by atoms with Crippen LogP contribution in [0.15, 0.2) is 24.3 Å². The summed E-state index contributed by atoms with van der Waals surface area (Å²) in [6, 6.07) is 8.28. The van der Waals surface area contributed by atoms with Gasteiger partial charge < -0.3 is 9.30 Å². The van der Waals surface area contributed by atoms with Crippen LogP contribution in [0.3, 0.4) is 0 Å². The molecular weight excluding hydrogens is 262 g/mol. The Morgan fingerprint density at radius 1 is 1.14 bits per heavy atom. The maximum absolute atomic E-state index is 5.58. The smallest absolute Gasteiger partial charge is 0.136 e. The zero-order chi connectivity index (χ0) is 14.8. The van der Waals surface area contributed by atoms with Crippen LogP contribution in [0, 0.1) is 6.92 Å². The Hall–Kier alpha value is -1.94. The van der Waals surface area contributed by atoms with Crippen LogP contribution < -0.4 is 0 Å². The van der Waals surface area contributed by atoms with Gasteiger partial charge in [-0.05, 0) is 26.3 Å². The molecule has 0 saturated carbocycles. The molecule has 0 aliphatic carbocycles. The third-order valence-corrected chi connectivity index (χ3v) is 3.72. The van der Waals surface area contributed by atoms with Crippen LogP contribution >= 0.6 is 0 Å². The number of hydrogen-bond donors (Lipinski definition) is 0. The first kappa shape index (κ1) is 14.0. The third kappa shape index (κ3) is 2.40. The molecule has 0 spiro atoms. The molecule has 2 heterocycles. The molecule has 0 unspecified atom stereocenters. The van der Waals surface area contributed by atoms with Crippen LogP contribution in [-0.4, -0.2) is 21.1 Å². The van der Waals surface area contributed by atoms with Crippen molar-refractivity contribution in [1.82, 2.24) is 14.5 Å². The first-order valence-corrected chi connectivity index (χ1v) is 7.58. The van der Waals surface area contributed by atoms with Gasteiger partial charge in [0, 0.05) is 18.5 Å². The number of imidazole rings is 1. The van der Waals surface area contributed by atoms with E-state index in [9.17, 15) is 0 Å². The number of aryl methyl sites for hydroxylation is 2. The lowest BCUT2D eigenvalue weighted by Crippen LogP contribution is -2.05. The van der Waals surface area contributed by atoms with Gasteiger partial charge >= 0.3 is 0 Å². The molecule has 21 heavy (non-hydrogen) atoms. The molecule has 4 nitrogen and oxygen atoms in total. The minimum absolute atomic E-state index is 0.555. The minimum atomic E-state index is 0.555. The van der Waals surface area contributed by atoms with Crippen LogP contribution in [-0.2, 0) is 17.9 Å². The normalized spacial score (nSPS) is 11.6. The van der Waals surface area contributed by atoms with E-state index < -0.39 is 0 Å². The first-order valence-electron chi connectivity index (χ1n) is 7.58. The predicted molar refractivity (Wildman–Crippen MR) is 85.4 cm³/mol. The number of nitrogens with zero attached hydrogens (tertiary/aromatic N) is 3. The zero-order valence-electron chi connectivity index (χ0n) is 12.9. The fraction of sp³-hybridized carbons (Fsp3) is 0.412.